The summed E-state index contributed by atoms with van der Waals surface area (Å²) < 4.78 is 33.6. The van der Waals surface area contributed by atoms with E-state index in [2.05, 4.69) is 10.0 Å². The molecular formula is C20H20N2O4S. The van der Waals surface area contributed by atoms with E-state index in [1.807, 2.05) is 30.3 Å². The number of ether oxygens (including phenoxy) is 1. The third-order valence-corrected chi connectivity index (χ3v) is 5.48. The predicted octanol–water partition coefficient (Wildman–Crippen LogP) is 3.15. The summed E-state index contributed by atoms with van der Waals surface area (Å²) in [5.41, 5.74) is 0.515. The quantitative estimate of drug-likeness (QED) is 0.684. The van der Waals surface area contributed by atoms with Gasteiger partial charge in [0, 0.05) is 12.4 Å². The Morgan fingerprint density at radius 2 is 1.63 bits per heavy atom. The lowest BCUT2D eigenvalue weighted by Gasteiger charge is -2.14. The predicted molar refractivity (Wildman–Crippen MR) is 105 cm³/mol. The van der Waals surface area contributed by atoms with Crippen molar-refractivity contribution in [1.29, 1.82) is 0 Å². The van der Waals surface area contributed by atoms with Gasteiger partial charge in [0.05, 0.1) is 10.6 Å². The van der Waals surface area contributed by atoms with Gasteiger partial charge in [-0.3, -0.25) is 9.52 Å². The van der Waals surface area contributed by atoms with Crippen molar-refractivity contribution in [3.8, 4) is 5.75 Å². The molecule has 0 aliphatic heterocycles. The number of carbonyl (C=O) groups excluding carboxylic acids is 1. The van der Waals surface area contributed by atoms with Gasteiger partial charge < -0.3 is 10.1 Å². The van der Waals surface area contributed by atoms with Crippen LogP contribution in [0.2, 0.25) is 0 Å². The number of fused-ring (bicyclic) bond motifs is 1. The van der Waals surface area contributed by atoms with Crippen LogP contribution in [0.3, 0.4) is 0 Å². The molecule has 0 saturated heterocycles. The number of hydrogen-bond donors (Lipinski definition) is 2. The Bertz CT molecular complexity index is 1060. The van der Waals surface area contributed by atoms with Crippen LogP contribution in [0.15, 0.2) is 71.6 Å². The van der Waals surface area contributed by atoms with E-state index in [1.54, 1.807) is 19.1 Å². The van der Waals surface area contributed by atoms with E-state index in [1.165, 1.54) is 31.3 Å². The van der Waals surface area contributed by atoms with Crippen LogP contribution in [0.5, 0.6) is 5.75 Å². The summed E-state index contributed by atoms with van der Waals surface area (Å²) >= 11 is 0. The van der Waals surface area contributed by atoms with Crippen LogP contribution in [0.1, 0.15) is 6.92 Å². The normalized spacial score (nSPS) is 12.4. The van der Waals surface area contributed by atoms with Crippen molar-refractivity contribution in [2.45, 2.75) is 17.9 Å². The molecule has 0 heterocycles. The van der Waals surface area contributed by atoms with Gasteiger partial charge in [-0.05, 0) is 42.6 Å². The molecule has 3 aromatic rings. The SMILES string of the molecule is CNC(=O)[C@@H](C)Oc1ccc(S(=O)(=O)Nc2cccc3ccccc23)cc1. The first kappa shape index (κ1) is 18.7. The molecule has 0 unspecified atom stereocenters. The third-order valence-electron chi connectivity index (χ3n) is 4.10. The Labute approximate surface area is 158 Å². The first-order chi connectivity index (χ1) is 12.9. The van der Waals surface area contributed by atoms with Gasteiger partial charge >= 0.3 is 0 Å². The molecule has 0 aliphatic rings. The van der Waals surface area contributed by atoms with Crippen molar-refractivity contribution in [1.82, 2.24) is 5.32 Å². The molecule has 1 amide bonds. The number of benzene rings is 3. The number of amides is 1. The summed E-state index contributed by atoms with van der Waals surface area (Å²) in [6, 6.07) is 18.9. The van der Waals surface area contributed by atoms with E-state index in [-0.39, 0.29) is 10.8 Å². The van der Waals surface area contributed by atoms with Gasteiger partial charge in [-0.2, -0.15) is 0 Å². The molecule has 27 heavy (non-hydrogen) atoms. The van der Waals surface area contributed by atoms with Gasteiger partial charge in [-0.25, -0.2) is 8.42 Å². The monoisotopic (exact) mass is 384 g/mol. The van der Waals surface area contributed by atoms with E-state index in [0.717, 1.165) is 10.8 Å². The molecule has 0 bridgehead atoms. The van der Waals surface area contributed by atoms with Crippen LogP contribution in [-0.2, 0) is 14.8 Å². The number of nitrogens with one attached hydrogen (secondary N) is 2. The summed E-state index contributed by atoms with van der Waals surface area (Å²) in [5, 5.41) is 4.26. The zero-order valence-corrected chi connectivity index (χ0v) is 15.8. The molecule has 0 radical (unpaired) electrons. The Morgan fingerprint density at radius 3 is 2.33 bits per heavy atom. The molecule has 140 valence electrons. The minimum Gasteiger partial charge on any atom is -0.481 e. The summed E-state index contributed by atoms with van der Waals surface area (Å²) in [6.45, 7) is 1.62. The molecule has 0 saturated carbocycles. The number of hydrogen-bond acceptors (Lipinski definition) is 4. The van der Waals surface area contributed by atoms with Crippen LogP contribution < -0.4 is 14.8 Å². The largest absolute Gasteiger partial charge is 0.481 e. The maximum atomic E-state index is 12.7. The molecular weight excluding hydrogens is 364 g/mol. The summed E-state index contributed by atoms with van der Waals surface area (Å²) in [6.07, 6.45) is -0.675. The second-order valence-electron chi connectivity index (χ2n) is 5.98. The van der Waals surface area contributed by atoms with Crippen LogP contribution in [0.4, 0.5) is 5.69 Å². The molecule has 7 heteroatoms. The Hall–Kier alpha value is -3.06. The van der Waals surface area contributed by atoms with E-state index in [0.29, 0.717) is 11.4 Å². The molecule has 0 aliphatic carbocycles. The van der Waals surface area contributed by atoms with Crippen molar-refractivity contribution in [3.63, 3.8) is 0 Å². The van der Waals surface area contributed by atoms with E-state index in [9.17, 15) is 13.2 Å². The fourth-order valence-corrected chi connectivity index (χ4v) is 3.76. The number of likely N-dealkylation sites (N-methyl/N-ethyl adjacent to an activating group) is 1. The van der Waals surface area contributed by atoms with Crippen molar-refractivity contribution in [3.05, 3.63) is 66.7 Å². The standard InChI is InChI=1S/C20H20N2O4S/c1-14(20(23)21-2)26-16-10-12-17(13-11-16)27(24,25)22-19-9-5-7-15-6-3-4-8-18(15)19/h3-14,22H,1-2H3,(H,21,23)/t14-/m1/s1. The van der Waals surface area contributed by atoms with Gasteiger partial charge in [0.1, 0.15) is 5.75 Å². The summed E-state index contributed by atoms with van der Waals surface area (Å²) in [4.78, 5) is 11.6. The van der Waals surface area contributed by atoms with Gasteiger partial charge in [0.2, 0.25) is 0 Å². The van der Waals surface area contributed by atoms with Gasteiger partial charge in [-0.15, -0.1) is 0 Å². The zero-order valence-electron chi connectivity index (χ0n) is 15.0. The zero-order chi connectivity index (χ0) is 19.4. The van der Waals surface area contributed by atoms with Gasteiger partial charge in [-0.1, -0.05) is 36.4 Å². The second-order valence-corrected chi connectivity index (χ2v) is 7.66. The average molecular weight is 384 g/mol. The van der Waals surface area contributed by atoms with Gasteiger partial charge in [0.25, 0.3) is 15.9 Å². The molecule has 0 fully saturated rings. The molecule has 6 nitrogen and oxygen atoms in total. The highest BCUT2D eigenvalue weighted by Crippen LogP contribution is 2.26. The third kappa shape index (κ3) is 4.20. The smallest absolute Gasteiger partial charge is 0.261 e. The highest BCUT2D eigenvalue weighted by molar-refractivity contribution is 7.92. The Balaban J connectivity index is 1.82. The van der Waals surface area contributed by atoms with Crippen LogP contribution in [0.25, 0.3) is 10.8 Å². The first-order valence-electron chi connectivity index (χ1n) is 8.39. The first-order valence-corrected chi connectivity index (χ1v) is 9.88. The van der Waals surface area contributed by atoms with E-state index in [4.69, 9.17) is 4.74 Å². The number of carbonyl (C=O) groups is 1. The maximum absolute atomic E-state index is 12.7. The maximum Gasteiger partial charge on any atom is 0.261 e. The van der Waals surface area contributed by atoms with Crippen LogP contribution in [0, 0.1) is 0 Å². The lowest BCUT2D eigenvalue weighted by Crippen LogP contribution is -2.33. The van der Waals surface area contributed by atoms with Crippen LogP contribution >= 0.6 is 0 Å². The Kier molecular flexibility index (Phi) is 5.32. The topological polar surface area (TPSA) is 84.5 Å². The van der Waals surface area contributed by atoms with Gasteiger partial charge in [0.15, 0.2) is 6.10 Å². The highest BCUT2D eigenvalue weighted by Gasteiger charge is 2.17. The molecule has 0 spiro atoms. The molecule has 3 aromatic carbocycles. The summed E-state index contributed by atoms with van der Waals surface area (Å²) in [5.74, 6) is 0.152. The highest BCUT2D eigenvalue weighted by atomic mass is 32.2. The minimum atomic E-state index is -3.76. The molecule has 2 N–H and O–H groups in total. The fourth-order valence-electron chi connectivity index (χ4n) is 2.68. The number of rotatable bonds is 6. The number of sulfonamides is 1. The fraction of sp³-hybridized carbons (Fsp3) is 0.150. The summed E-state index contributed by atoms with van der Waals surface area (Å²) in [7, 11) is -2.23. The molecule has 0 aromatic heterocycles. The van der Waals surface area contributed by atoms with Crippen molar-refractivity contribution in [2.24, 2.45) is 0 Å². The van der Waals surface area contributed by atoms with Crippen molar-refractivity contribution in [2.75, 3.05) is 11.8 Å². The van der Waals surface area contributed by atoms with Crippen LogP contribution in [-0.4, -0.2) is 27.5 Å². The van der Waals surface area contributed by atoms with E-state index < -0.39 is 16.1 Å². The molecule has 3 rings (SSSR count). The molecule has 1 atom stereocenters. The minimum absolute atomic E-state index is 0.107. The lowest BCUT2D eigenvalue weighted by molar-refractivity contribution is -0.126. The lowest BCUT2D eigenvalue weighted by atomic mass is 10.1. The van der Waals surface area contributed by atoms with Crippen molar-refractivity contribution >= 4 is 32.4 Å². The van der Waals surface area contributed by atoms with Crippen molar-refractivity contribution < 1.29 is 17.9 Å². The second kappa shape index (κ2) is 7.67. The average Bonchev–Trinajstić information content (AvgIpc) is 2.68. The van der Waals surface area contributed by atoms with E-state index >= 15 is 0 Å². The Morgan fingerprint density at radius 1 is 0.963 bits per heavy atom. The number of anilines is 1.